The van der Waals surface area contributed by atoms with Crippen LogP contribution >= 0.6 is 11.3 Å². The molecule has 1 atom stereocenters. The lowest BCUT2D eigenvalue weighted by atomic mass is 10.1. The van der Waals surface area contributed by atoms with E-state index in [1.165, 1.54) is 11.3 Å². The average Bonchev–Trinajstić information content (AvgIpc) is 3.17. The third kappa shape index (κ3) is 4.33. The normalized spacial score (nSPS) is 11.6. The molecule has 2 amide bonds. The van der Waals surface area contributed by atoms with Gasteiger partial charge in [-0.05, 0) is 42.1 Å². The fraction of sp³-hybridized carbons (Fsp3) is 0.100. The van der Waals surface area contributed by atoms with Crippen LogP contribution in [-0.4, -0.2) is 11.8 Å². The monoisotopic (exact) mass is 350 g/mol. The standard InChI is InChI=1S/C20H18N2O2S/c1-14(15-7-3-2-4-8-15)21-19(23)16-9-5-10-17(13-16)22-20(24)18-11-6-12-25-18/h2-14H,1H3,(H,21,23)(H,22,24)/t14-/m1/s1. The number of benzene rings is 2. The van der Waals surface area contributed by atoms with Crippen molar-refractivity contribution >= 4 is 28.8 Å². The smallest absolute Gasteiger partial charge is 0.265 e. The summed E-state index contributed by atoms with van der Waals surface area (Å²) in [6.07, 6.45) is 0. The summed E-state index contributed by atoms with van der Waals surface area (Å²) in [5, 5.41) is 7.64. The van der Waals surface area contributed by atoms with Crippen LogP contribution in [-0.2, 0) is 0 Å². The first-order valence-electron chi connectivity index (χ1n) is 7.94. The van der Waals surface area contributed by atoms with Crippen LogP contribution in [0.25, 0.3) is 0 Å². The Bertz CT molecular complexity index is 860. The highest BCUT2D eigenvalue weighted by Crippen LogP contribution is 2.16. The summed E-state index contributed by atoms with van der Waals surface area (Å²) in [7, 11) is 0. The highest BCUT2D eigenvalue weighted by molar-refractivity contribution is 7.12. The predicted octanol–water partition coefficient (Wildman–Crippen LogP) is 4.49. The SMILES string of the molecule is C[C@@H](NC(=O)c1cccc(NC(=O)c2cccs2)c1)c1ccccc1. The van der Waals surface area contributed by atoms with Gasteiger partial charge in [0.1, 0.15) is 0 Å². The third-order valence-corrected chi connectivity index (χ3v) is 4.64. The lowest BCUT2D eigenvalue weighted by molar-refractivity contribution is 0.0938. The number of thiophene rings is 1. The van der Waals surface area contributed by atoms with Gasteiger partial charge in [-0.15, -0.1) is 11.3 Å². The van der Waals surface area contributed by atoms with Crippen molar-refractivity contribution in [1.29, 1.82) is 0 Å². The first-order valence-corrected chi connectivity index (χ1v) is 8.82. The maximum atomic E-state index is 12.5. The molecule has 3 aromatic rings. The minimum atomic E-state index is -0.177. The molecule has 126 valence electrons. The van der Waals surface area contributed by atoms with E-state index in [2.05, 4.69) is 10.6 Å². The third-order valence-electron chi connectivity index (χ3n) is 3.77. The van der Waals surface area contributed by atoms with Crippen LogP contribution in [0.5, 0.6) is 0 Å². The molecule has 0 fully saturated rings. The summed E-state index contributed by atoms with van der Waals surface area (Å²) < 4.78 is 0. The number of hydrogen-bond donors (Lipinski definition) is 2. The zero-order chi connectivity index (χ0) is 17.6. The van der Waals surface area contributed by atoms with Crippen LogP contribution in [0.3, 0.4) is 0 Å². The summed E-state index contributed by atoms with van der Waals surface area (Å²) in [5.74, 6) is -0.353. The summed E-state index contributed by atoms with van der Waals surface area (Å²) in [6, 6.07) is 20.2. The van der Waals surface area contributed by atoms with Crippen molar-refractivity contribution in [2.75, 3.05) is 5.32 Å². The van der Waals surface area contributed by atoms with Crippen molar-refractivity contribution in [2.45, 2.75) is 13.0 Å². The molecule has 0 bridgehead atoms. The lowest BCUT2D eigenvalue weighted by Gasteiger charge is -2.14. The van der Waals surface area contributed by atoms with Gasteiger partial charge in [-0.3, -0.25) is 9.59 Å². The Morgan fingerprint density at radius 2 is 1.72 bits per heavy atom. The van der Waals surface area contributed by atoms with Gasteiger partial charge in [0.25, 0.3) is 11.8 Å². The Morgan fingerprint density at radius 3 is 2.44 bits per heavy atom. The van der Waals surface area contributed by atoms with E-state index in [9.17, 15) is 9.59 Å². The molecule has 0 saturated heterocycles. The maximum absolute atomic E-state index is 12.5. The number of hydrogen-bond acceptors (Lipinski definition) is 3. The molecule has 2 N–H and O–H groups in total. The predicted molar refractivity (Wildman–Crippen MR) is 101 cm³/mol. The van der Waals surface area contributed by atoms with Crippen molar-refractivity contribution in [3.8, 4) is 0 Å². The van der Waals surface area contributed by atoms with Crippen molar-refractivity contribution in [2.24, 2.45) is 0 Å². The van der Waals surface area contributed by atoms with Crippen LogP contribution in [0.4, 0.5) is 5.69 Å². The molecule has 2 aromatic carbocycles. The number of carbonyl (C=O) groups is 2. The Kier molecular flexibility index (Phi) is 5.26. The zero-order valence-electron chi connectivity index (χ0n) is 13.7. The first kappa shape index (κ1) is 16.9. The first-order chi connectivity index (χ1) is 12.1. The molecule has 5 heteroatoms. The number of nitrogens with one attached hydrogen (secondary N) is 2. The molecule has 0 aliphatic rings. The molecule has 0 aliphatic carbocycles. The molecule has 0 spiro atoms. The van der Waals surface area contributed by atoms with Gasteiger partial charge in [-0.1, -0.05) is 42.5 Å². The molecule has 0 aliphatic heterocycles. The van der Waals surface area contributed by atoms with E-state index in [-0.39, 0.29) is 17.9 Å². The number of anilines is 1. The van der Waals surface area contributed by atoms with Crippen molar-refractivity contribution in [1.82, 2.24) is 5.32 Å². The van der Waals surface area contributed by atoms with Gasteiger partial charge < -0.3 is 10.6 Å². The molecular formula is C20H18N2O2S. The van der Waals surface area contributed by atoms with E-state index >= 15 is 0 Å². The summed E-state index contributed by atoms with van der Waals surface area (Å²) in [4.78, 5) is 25.2. The van der Waals surface area contributed by atoms with Gasteiger partial charge in [0.15, 0.2) is 0 Å². The highest BCUT2D eigenvalue weighted by Gasteiger charge is 2.13. The summed E-state index contributed by atoms with van der Waals surface area (Å²) in [6.45, 7) is 1.94. The van der Waals surface area contributed by atoms with Gasteiger partial charge in [0, 0.05) is 11.3 Å². The largest absolute Gasteiger partial charge is 0.346 e. The second-order valence-electron chi connectivity index (χ2n) is 5.62. The lowest BCUT2D eigenvalue weighted by Crippen LogP contribution is -2.26. The van der Waals surface area contributed by atoms with Crippen LogP contribution in [0.1, 0.15) is 38.6 Å². The topological polar surface area (TPSA) is 58.2 Å². The van der Waals surface area contributed by atoms with Gasteiger partial charge in [-0.2, -0.15) is 0 Å². The Labute approximate surface area is 150 Å². The summed E-state index contributed by atoms with van der Waals surface area (Å²) in [5.41, 5.74) is 2.14. The van der Waals surface area contributed by atoms with Crippen molar-refractivity contribution < 1.29 is 9.59 Å². The van der Waals surface area contributed by atoms with Crippen molar-refractivity contribution in [3.05, 3.63) is 88.1 Å². The molecule has 1 aromatic heterocycles. The molecule has 4 nitrogen and oxygen atoms in total. The Balaban J connectivity index is 1.68. The quantitative estimate of drug-likeness (QED) is 0.712. The molecule has 0 unspecified atom stereocenters. The molecular weight excluding hydrogens is 332 g/mol. The van der Waals surface area contributed by atoms with Gasteiger partial charge in [-0.25, -0.2) is 0 Å². The number of carbonyl (C=O) groups excluding carboxylic acids is 2. The van der Waals surface area contributed by atoms with Crippen LogP contribution < -0.4 is 10.6 Å². The molecule has 0 saturated carbocycles. The number of rotatable bonds is 5. The van der Waals surface area contributed by atoms with E-state index < -0.39 is 0 Å². The van der Waals surface area contributed by atoms with E-state index in [1.54, 1.807) is 30.3 Å². The fourth-order valence-electron chi connectivity index (χ4n) is 2.44. The van der Waals surface area contributed by atoms with E-state index in [1.807, 2.05) is 48.7 Å². The Hall–Kier alpha value is -2.92. The minimum Gasteiger partial charge on any atom is -0.346 e. The molecule has 3 rings (SSSR count). The second kappa shape index (κ2) is 7.77. The fourth-order valence-corrected chi connectivity index (χ4v) is 3.06. The highest BCUT2D eigenvalue weighted by atomic mass is 32.1. The van der Waals surface area contributed by atoms with Crippen LogP contribution in [0.15, 0.2) is 72.1 Å². The second-order valence-corrected chi connectivity index (χ2v) is 6.57. The van der Waals surface area contributed by atoms with Gasteiger partial charge in [0.2, 0.25) is 0 Å². The maximum Gasteiger partial charge on any atom is 0.265 e. The molecule has 25 heavy (non-hydrogen) atoms. The molecule has 1 heterocycles. The van der Waals surface area contributed by atoms with Crippen LogP contribution in [0.2, 0.25) is 0 Å². The molecule has 0 radical (unpaired) electrons. The minimum absolute atomic E-state index is 0.0990. The van der Waals surface area contributed by atoms with Gasteiger partial charge >= 0.3 is 0 Å². The van der Waals surface area contributed by atoms with Crippen LogP contribution in [0, 0.1) is 0 Å². The van der Waals surface area contributed by atoms with Gasteiger partial charge in [0.05, 0.1) is 10.9 Å². The van der Waals surface area contributed by atoms with Crippen molar-refractivity contribution in [3.63, 3.8) is 0 Å². The zero-order valence-corrected chi connectivity index (χ0v) is 14.5. The average molecular weight is 350 g/mol. The van der Waals surface area contributed by atoms with E-state index in [0.29, 0.717) is 16.1 Å². The number of amides is 2. The van der Waals surface area contributed by atoms with E-state index in [4.69, 9.17) is 0 Å². The van der Waals surface area contributed by atoms with E-state index in [0.717, 1.165) is 5.56 Å². The summed E-state index contributed by atoms with van der Waals surface area (Å²) >= 11 is 1.38. The Morgan fingerprint density at radius 1 is 0.920 bits per heavy atom.